The van der Waals surface area contributed by atoms with Crippen LogP contribution in [0.3, 0.4) is 0 Å². The number of aryl methyl sites for hydroxylation is 3. The summed E-state index contributed by atoms with van der Waals surface area (Å²) in [6, 6.07) is 5.18. The zero-order chi connectivity index (χ0) is 70.5. The smallest absolute Gasteiger partial charge is 0.323 e. The highest BCUT2D eigenvalue weighted by Crippen LogP contribution is 2.26. The Morgan fingerprint density at radius 2 is 1.21 bits per heavy atom. The maximum atomic E-state index is 13.6. The first-order valence-corrected chi connectivity index (χ1v) is 33.6. The van der Waals surface area contributed by atoms with Crippen LogP contribution in [0.5, 0.6) is 5.75 Å². The highest BCUT2D eigenvalue weighted by atomic mass is 32.2. The van der Waals surface area contributed by atoms with Crippen LogP contribution in [0.1, 0.15) is 66.4 Å². The Kier molecular flexibility index (Phi) is 35.2. The van der Waals surface area contributed by atoms with E-state index in [1.807, 2.05) is 4.68 Å². The van der Waals surface area contributed by atoms with Crippen LogP contribution in [0.4, 0.5) is 5.95 Å². The molecule has 5 rings (SSSR count). The summed E-state index contributed by atoms with van der Waals surface area (Å²) >= 11 is 0. The number of rotatable bonds is 45. The molecule has 2 aromatic carbocycles. The first-order chi connectivity index (χ1) is 46.5. The number of ether oxygens (including phenoxy) is 4. The molecular weight excluding hydrogens is 1290 g/mol. The van der Waals surface area contributed by atoms with Crippen molar-refractivity contribution < 1.29 is 90.9 Å². The van der Waals surface area contributed by atoms with E-state index < -0.39 is 70.3 Å². The van der Waals surface area contributed by atoms with E-state index in [1.54, 1.807) is 77.1 Å². The molecule has 97 heavy (non-hydrogen) atoms. The molecule has 34 nitrogen and oxygen atoms in total. The molecule has 535 valence electrons. The quantitative estimate of drug-likeness (QED) is 0.0182. The van der Waals surface area contributed by atoms with Crippen LogP contribution in [0.15, 0.2) is 53.8 Å². The molecule has 12 N–H and O–H groups in total. The van der Waals surface area contributed by atoms with Gasteiger partial charge in [0.25, 0.3) is 5.91 Å². The number of anilines is 1. The molecule has 4 aromatic rings. The van der Waals surface area contributed by atoms with Gasteiger partial charge in [-0.2, -0.15) is 9.82 Å². The zero-order valence-corrected chi connectivity index (χ0v) is 56.0. The number of aliphatic carboxylic acids is 4. The highest BCUT2D eigenvalue weighted by molar-refractivity contribution is 7.89. The second kappa shape index (κ2) is 43.0. The molecule has 0 spiro atoms. The fourth-order valence-corrected chi connectivity index (χ4v) is 12.0. The second-order valence-corrected chi connectivity index (χ2v) is 24.6. The van der Waals surface area contributed by atoms with Gasteiger partial charge in [-0.3, -0.25) is 67.4 Å². The third-order valence-corrected chi connectivity index (χ3v) is 16.9. The average Bonchev–Trinajstić information content (AvgIpc) is 1.18. The Labute approximate surface area is 563 Å². The number of nitrogens with zero attached hydrogens (tertiary/aromatic N) is 7. The lowest BCUT2D eigenvalue weighted by molar-refractivity contribution is -0.140. The van der Waals surface area contributed by atoms with Crippen molar-refractivity contribution in [3.8, 4) is 5.75 Å². The predicted octanol–water partition coefficient (Wildman–Crippen LogP) is -1.21. The number of carboxylic acids is 4. The number of H-pyrrole nitrogens is 1. The van der Waals surface area contributed by atoms with Crippen LogP contribution in [-0.2, 0) is 69.1 Å². The SMILES string of the molecule is C[B]NC(=O)CC[C@@H](NC(=O)CN1CCN(CC(=O)O)CCN(CC(=O)O)CCN(CC(=O)O)CC1)C(=O)NCCCOCCOCCOCCCNC(=O)CCCOc1cc(C)c(S(=O)(=O)NC(CNC(=O)c2ccc3c(cnn3CCCNc3ncc[nH]3)c2)C(=O)O)c(C)c1. The fraction of sp³-hybridized carbons (Fsp3) is 0.590. The van der Waals surface area contributed by atoms with Crippen LogP contribution in [-0.4, -0.2) is 292 Å². The van der Waals surface area contributed by atoms with E-state index in [9.17, 15) is 72.0 Å². The summed E-state index contributed by atoms with van der Waals surface area (Å²) < 4.78 is 53.9. The second-order valence-electron chi connectivity index (χ2n) is 22.9. The number of carbonyl (C=O) groups is 9. The lowest BCUT2D eigenvalue weighted by atomic mass is 9.99. The van der Waals surface area contributed by atoms with Crippen molar-refractivity contribution in [1.29, 1.82) is 0 Å². The van der Waals surface area contributed by atoms with E-state index in [0.29, 0.717) is 86.9 Å². The molecule has 0 bridgehead atoms. The number of aromatic amines is 1. The zero-order valence-electron chi connectivity index (χ0n) is 55.2. The van der Waals surface area contributed by atoms with Gasteiger partial charge < -0.3 is 76.2 Å². The number of benzene rings is 2. The van der Waals surface area contributed by atoms with Gasteiger partial charge in [0.2, 0.25) is 41.1 Å². The van der Waals surface area contributed by atoms with E-state index in [1.165, 1.54) is 19.5 Å². The first kappa shape index (κ1) is 79.3. The van der Waals surface area contributed by atoms with Gasteiger partial charge in [-0.05, 0) is 87.4 Å². The van der Waals surface area contributed by atoms with Gasteiger partial charge in [0.1, 0.15) is 17.8 Å². The van der Waals surface area contributed by atoms with E-state index >= 15 is 0 Å². The molecule has 2 atom stereocenters. The average molecular weight is 1380 g/mol. The van der Waals surface area contributed by atoms with Gasteiger partial charge in [0.15, 0.2) is 5.95 Å². The molecule has 1 radical (unpaired) electrons. The Morgan fingerprint density at radius 1 is 0.639 bits per heavy atom. The molecule has 1 fully saturated rings. The van der Waals surface area contributed by atoms with Crippen molar-refractivity contribution in [3.05, 3.63) is 65.6 Å². The van der Waals surface area contributed by atoms with Gasteiger partial charge in [0.05, 0.1) is 75.8 Å². The van der Waals surface area contributed by atoms with Crippen LogP contribution in [0.2, 0.25) is 6.82 Å². The van der Waals surface area contributed by atoms with Gasteiger partial charge >= 0.3 is 23.9 Å². The van der Waals surface area contributed by atoms with Crippen LogP contribution < -0.4 is 41.3 Å². The number of carbonyl (C=O) groups excluding carboxylic acids is 5. The minimum atomic E-state index is -4.40. The molecule has 36 heteroatoms. The molecular formula is C61H93BN15O19S. The number of aromatic nitrogens is 4. The van der Waals surface area contributed by atoms with Gasteiger partial charge in [-0.25, -0.2) is 13.4 Å². The van der Waals surface area contributed by atoms with Crippen molar-refractivity contribution in [2.75, 3.05) is 156 Å². The van der Waals surface area contributed by atoms with Crippen LogP contribution >= 0.6 is 0 Å². The molecule has 1 unspecified atom stereocenters. The molecule has 0 saturated carbocycles. The van der Waals surface area contributed by atoms with E-state index in [4.69, 9.17) is 18.9 Å². The number of nitrogens with one attached hydrogen (secondary N) is 8. The van der Waals surface area contributed by atoms with Gasteiger partial charge in [-0.1, -0.05) is 6.82 Å². The van der Waals surface area contributed by atoms with Crippen molar-refractivity contribution >= 4 is 87.7 Å². The fourth-order valence-electron chi connectivity index (χ4n) is 10.3. The number of hydrogen-bond donors (Lipinski definition) is 12. The summed E-state index contributed by atoms with van der Waals surface area (Å²) in [5, 5.41) is 60.2. The third-order valence-electron chi connectivity index (χ3n) is 15.1. The summed E-state index contributed by atoms with van der Waals surface area (Å²) in [6.45, 7) is 8.42. The number of hydrogen-bond acceptors (Lipinski definition) is 22. The van der Waals surface area contributed by atoms with Crippen LogP contribution in [0.25, 0.3) is 10.9 Å². The maximum Gasteiger partial charge on any atom is 0.323 e. The van der Waals surface area contributed by atoms with E-state index in [0.717, 1.165) is 11.9 Å². The molecule has 1 aliphatic rings. The molecule has 5 amide bonds. The molecule has 2 aromatic heterocycles. The lowest BCUT2D eigenvalue weighted by Gasteiger charge is -2.33. The molecule has 1 aliphatic heterocycles. The van der Waals surface area contributed by atoms with Crippen molar-refractivity contribution in [3.63, 3.8) is 0 Å². The molecule has 0 aliphatic carbocycles. The first-order valence-electron chi connectivity index (χ1n) is 32.1. The molecule has 1 saturated heterocycles. The summed E-state index contributed by atoms with van der Waals surface area (Å²) in [5.74, 6) is -5.93. The Morgan fingerprint density at radius 3 is 1.75 bits per heavy atom. The van der Waals surface area contributed by atoms with Crippen LogP contribution in [0, 0.1) is 13.8 Å². The monoisotopic (exact) mass is 1380 g/mol. The number of amides is 5. The van der Waals surface area contributed by atoms with Crippen molar-refractivity contribution in [2.24, 2.45) is 0 Å². The third kappa shape index (κ3) is 30.7. The maximum absolute atomic E-state index is 13.6. The van der Waals surface area contributed by atoms with Crippen molar-refractivity contribution in [2.45, 2.75) is 89.1 Å². The lowest BCUT2D eigenvalue weighted by Crippen LogP contribution is -2.52. The van der Waals surface area contributed by atoms with Gasteiger partial charge in [0, 0.05) is 134 Å². The topological polar surface area (TPSA) is 449 Å². The van der Waals surface area contributed by atoms with Crippen molar-refractivity contribution in [1.82, 2.24) is 70.6 Å². The largest absolute Gasteiger partial charge is 0.494 e. The number of imidazole rings is 1. The summed E-state index contributed by atoms with van der Waals surface area (Å²) in [7, 11) is -2.95. The van der Waals surface area contributed by atoms with E-state index in [-0.39, 0.29) is 153 Å². The number of carboxylic acid groups (broad SMARTS) is 4. The number of fused-ring (bicyclic) bond motifs is 1. The minimum Gasteiger partial charge on any atom is -0.494 e. The summed E-state index contributed by atoms with van der Waals surface area (Å²) in [6.07, 6.45) is 7.17. The summed E-state index contributed by atoms with van der Waals surface area (Å²) in [5.41, 5.74) is 1.62. The standard InChI is InChI=1S/C61H93BN15O19S/c1-43-34-47(35-44(2)57(43)97(91,92)72-49(60(89)90)38-68-58(87)45-9-11-50-46(36-45)37-69-77(50)18-5-13-65-61-66-16-17-67-61)96-29-4-8-51(78)63-14-6-27-93-30-32-95-33-31-94-28-7-15-64-59(88)48(10-12-52(79)71-62-3)70-53(80)39-73-19-21-74(40-54(81)82)23-25-76(42-56(85)86)26-24-75(22-20-73)41-55(83)84/h9,11,16-17,34-37,48-49,72H,4-8,10,12-15,18-33,38-42H2,1-3H3,(H,63,78)(H,64,88)(H,68,87)(H,70,80)(H,71,79)(H,81,82)(H,83,84)(H,85,86)(H,89,90)(H2,65,66,67)/t48-,49?/m1/s1. The molecule has 3 heterocycles. The Hall–Kier alpha value is -8.36. The van der Waals surface area contributed by atoms with E-state index in [2.05, 4.69) is 51.6 Å². The highest BCUT2D eigenvalue weighted by Gasteiger charge is 2.30. The normalized spacial score (nSPS) is 14.5. The number of sulfonamides is 1. The minimum absolute atomic E-state index is 0.0179. The summed E-state index contributed by atoms with van der Waals surface area (Å²) in [4.78, 5) is 126. The Balaban J connectivity index is 0.910. The van der Waals surface area contributed by atoms with Gasteiger partial charge in [-0.15, -0.1) is 0 Å². The predicted molar refractivity (Wildman–Crippen MR) is 353 cm³/mol. The Bertz CT molecular complexity index is 3240.